The van der Waals surface area contributed by atoms with E-state index in [2.05, 4.69) is 12.2 Å². The minimum Gasteiger partial charge on any atom is -0.310 e. The first-order valence-corrected chi connectivity index (χ1v) is 7.36. The third kappa shape index (κ3) is 2.22. The molecule has 18 heavy (non-hydrogen) atoms. The number of hydrogen-bond donors (Lipinski definition) is 1. The third-order valence-electron chi connectivity index (χ3n) is 3.65. The summed E-state index contributed by atoms with van der Waals surface area (Å²) in [5.74, 6) is 0. The van der Waals surface area contributed by atoms with Gasteiger partial charge in [0.1, 0.15) is 0 Å². The lowest BCUT2D eigenvalue weighted by Crippen LogP contribution is -2.43. The van der Waals surface area contributed by atoms with E-state index in [1.54, 1.807) is 11.5 Å². The highest BCUT2D eigenvalue weighted by molar-refractivity contribution is 7.13. The van der Waals surface area contributed by atoms with E-state index in [4.69, 9.17) is 0 Å². The summed E-state index contributed by atoms with van der Waals surface area (Å²) in [5, 5.41) is 4.44. The van der Waals surface area contributed by atoms with Crippen LogP contribution in [-0.4, -0.2) is 16.0 Å². The van der Waals surface area contributed by atoms with E-state index in [9.17, 15) is 4.79 Å². The number of piperidine rings is 1. The van der Waals surface area contributed by atoms with E-state index in [1.807, 2.05) is 28.2 Å². The van der Waals surface area contributed by atoms with E-state index in [0.29, 0.717) is 12.1 Å². The number of nitrogens with one attached hydrogen (secondary N) is 1. The van der Waals surface area contributed by atoms with Crippen molar-refractivity contribution in [3.05, 3.63) is 34.6 Å². The van der Waals surface area contributed by atoms with Crippen molar-refractivity contribution < 1.29 is 0 Å². The first-order valence-electron chi connectivity index (χ1n) is 6.59. The molecule has 1 aliphatic rings. The molecule has 0 saturated carbocycles. The zero-order chi connectivity index (χ0) is 12.5. The van der Waals surface area contributed by atoms with Crippen LogP contribution in [0.5, 0.6) is 0 Å². The Bertz CT molecular complexity index is 601. The summed E-state index contributed by atoms with van der Waals surface area (Å²) in [4.78, 5) is 12.2. The van der Waals surface area contributed by atoms with Crippen LogP contribution in [0, 0.1) is 0 Å². The standard InChI is InChI=1S/C14H18N2OS/c1-10-5-4-6-11(15-10)9-16-14(17)12-7-2-3-8-13(12)18-16/h2-3,7-8,10-11,15H,4-6,9H2,1H3. The molecule has 4 heteroatoms. The fourth-order valence-corrected chi connectivity index (χ4v) is 3.79. The Labute approximate surface area is 111 Å². The van der Waals surface area contributed by atoms with Crippen LogP contribution in [0.2, 0.25) is 0 Å². The molecule has 3 nitrogen and oxygen atoms in total. The molecule has 0 bridgehead atoms. The molecule has 2 atom stereocenters. The van der Waals surface area contributed by atoms with Crippen LogP contribution >= 0.6 is 11.5 Å². The number of nitrogens with zero attached hydrogens (tertiary/aromatic N) is 1. The zero-order valence-corrected chi connectivity index (χ0v) is 11.4. The van der Waals surface area contributed by atoms with Gasteiger partial charge in [-0.05, 0) is 31.9 Å². The van der Waals surface area contributed by atoms with Crippen LogP contribution in [-0.2, 0) is 6.54 Å². The van der Waals surface area contributed by atoms with E-state index in [1.165, 1.54) is 19.3 Å². The second-order valence-corrected chi connectivity index (χ2v) is 6.21. The predicted molar refractivity (Wildman–Crippen MR) is 76.3 cm³/mol. The number of rotatable bonds is 2. The Morgan fingerprint density at radius 1 is 1.39 bits per heavy atom. The van der Waals surface area contributed by atoms with Gasteiger partial charge in [-0.2, -0.15) is 0 Å². The molecule has 2 heterocycles. The molecule has 0 spiro atoms. The number of fused-ring (bicyclic) bond motifs is 1. The Balaban J connectivity index is 1.86. The summed E-state index contributed by atoms with van der Waals surface area (Å²) in [6.45, 7) is 3.03. The van der Waals surface area contributed by atoms with Gasteiger partial charge in [-0.25, -0.2) is 0 Å². The third-order valence-corrected chi connectivity index (χ3v) is 4.74. The second-order valence-electron chi connectivity index (χ2n) is 5.15. The maximum Gasteiger partial charge on any atom is 0.268 e. The molecule has 1 aromatic carbocycles. The van der Waals surface area contributed by atoms with Gasteiger partial charge < -0.3 is 5.32 Å². The number of hydrogen-bond acceptors (Lipinski definition) is 3. The van der Waals surface area contributed by atoms with Gasteiger partial charge >= 0.3 is 0 Å². The summed E-state index contributed by atoms with van der Waals surface area (Å²) in [6, 6.07) is 8.88. The van der Waals surface area contributed by atoms with Gasteiger partial charge in [0, 0.05) is 12.1 Å². The summed E-state index contributed by atoms with van der Waals surface area (Å²) < 4.78 is 2.99. The van der Waals surface area contributed by atoms with E-state index >= 15 is 0 Å². The van der Waals surface area contributed by atoms with Crippen molar-refractivity contribution >= 4 is 21.6 Å². The maximum atomic E-state index is 12.2. The molecule has 1 aliphatic heterocycles. The van der Waals surface area contributed by atoms with Crippen LogP contribution in [0.1, 0.15) is 26.2 Å². The van der Waals surface area contributed by atoms with Crippen LogP contribution in [0.15, 0.2) is 29.1 Å². The SMILES string of the molecule is CC1CCCC(Cn2sc3ccccc3c2=O)N1. The lowest BCUT2D eigenvalue weighted by Gasteiger charge is -2.28. The number of aromatic nitrogens is 1. The average molecular weight is 262 g/mol. The smallest absolute Gasteiger partial charge is 0.268 e. The van der Waals surface area contributed by atoms with Gasteiger partial charge in [0.2, 0.25) is 0 Å². The van der Waals surface area contributed by atoms with Crippen molar-refractivity contribution in [3.63, 3.8) is 0 Å². The van der Waals surface area contributed by atoms with Crippen molar-refractivity contribution in [2.24, 2.45) is 0 Å². The Morgan fingerprint density at radius 2 is 2.22 bits per heavy atom. The van der Waals surface area contributed by atoms with Crippen molar-refractivity contribution in [2.75, 3.05) is 0 Å². The first kappa shape index (κ1) is 11.9. The summed E-state index contributed by atoms with van der Waals surface area (Å²) in [6.07, 6.45) is 3.68. The van der Waals surface area contributed by atoms with E-state index < -0.39 is 0 Å². The van der Waals surface area contributed by atoms with Gasteiger partial charge in [-0.3, -0.25) is 8.75 Å². The highest BCUT2D eigenvalue weighted by atomic mass is 32.1. The Kier molecular flexibility index (Phi) is 3.22. The first-order chi connectivity index (χ1) is 8.74. The largest absolute Gasteiger partial charge is 0.310 e. The molecular weight excluding hydrogens is 244 g/mol. The van der Waals surface area contributed by atoms with Crippen LogP contribution < -0.4 is 10.9 Å². The molecule has 1 N–H and O–H groups in total. The van der Waals surface area contributed by atoms with Crippen molar-refractivity contribution in [2.45, 2.75) is 44.8 Å². The normalized spacial score (nSPS) is 24.5. The Hall–Kier alpha value is -1.13. The van der Waals surface area contributed by atoms with Crippen LogP contribution in [0.3, 0.4) is 0 Å². The fourth-order valence-electron chi connectivity index (χ4n) is 2.72. The average Bonchev–Trinajstić information content (AvgIpc) is 2.67. The van der Waals surface area contributed by atoms with Crippen molar-refractivity contribution in [3.8, 4) is 0 Å². The van der Waals surface area contributed by atoms with Crippen molar-refractivity contribution in [1.82, 2.24) is 9.27 Å². The molecule has 96 valence electrons. The van der Waals surface area contributed by atoms with Crippen LogP contribution in [0.4, 0.5) is 0 Å². The molecule has 3 rings (SSSR count). The molecule has 2 unspecified atom stereocenters. The molecule has 1 fully saturated rings. The topological polar surface area (TPSA) is 34.0 Å². The molecular formula is C14H18N2OS. The van der Waals surface area contributed by atoms with E-state index in [-0.39, 0.29) is 5.56 Å². The minimum absolute atomic E-state index is 0.163. The zero-order valence-electron chi connectivity index (χ0n) is 10.6. The molecule has 0 amide bonds. The van der Waals surface area contributed by atoms with Gasteiger partial charge in [-0.1, -0.05) is 30.1 Å². The molecule has 0 aliphatic carbocycles. The monoisotopic (exact) mass is 262 g/mol. The quantitative estimate of drug-likeness (QED) is 0.902. The second kappa shape index (κ2) is 4.86. The van der Waals surface area contributed by atoms with Gasteiger partial charge in [-0.15, -0.1) is 0 Å². The minimum atomic E-state index is 0.163. The van der Waals surface area contributed by atoms with Crippen LogP contribution in [0.25, 0.3) is 10.1 Å². The molecule has 1 aromatic heterocycles. The van der Waals surface area contributed by atoms with Gasteiger partial charge in [0.05, 0.1) is 16.6 Å². The highest BCUT2D eigenvalue weighted by Gasteiger charge is 2.19. The fraction of sp³-hybridized carbons (Fsp3) is 0.500. The summed E-state index contributed by atoms with van der Waals surface area (Å²) >= 11 is 1.58. The van der Waals surface area contributed by atoms with E-state index in [0.717, 1.165) is 16.6 Å². The van der Waals surface area contributed by atoms with Gasteiger partial charge in [0.25, 0.3) is 5.56 Å². The highest BCUT2D eigenvalue weighted by Crippen LogP contribution is 2.18. The summed E-state index contributed by atoms with van der Waals surface area (Å²) in [7, 11) is 0. The number of benzene rings is 1. The molecule has 0 radical (unpaired) electrons. The van der Waals surface area contributed by atoms with Crippen molar-refractivity contribution in [1.29, 1.82) is 0 Å². The summed E-state index contributed by atoms with van der Waals surface area (Å²) in [5.41, 5.74) is 0.163. The molecule has 1 saturated heterocycles. The lowest BCUT2D eigenvalue weighted by atomic mass is 10.00. The molecule has 2 aromatic rings. The van der Waals surface area contributed by atoms with Gasteiger partial charge in [0.15, 0.2) is 0 Å². The maximum absolute atomic E-state index is 12.2. The predicted octanol–water partition coefficient (Wildman–Crippen LogP) is 2.59. The lowest BCUT2D eigenvalue weighted by molar-refractivity contribution is 0.312. The Morgan fingerprint density at radius 3 is 3.00 bits per heavy atom.